The zero-order valence-corrected chi connectivity index (χ0v) is 10.7. The lowest BCUT2D eigenvalue weighted by Gasteiger charge is -2.15. The first kappa shape index (κ1) is 12.3. The molecule has 2 N–H and O–H groups in total. The van der Waals surface area contributed by atoms with Crippen LogP contribution in [0, 0.1) is 0 Å². The Kier molecular flexibility index (Phi) is 4.11. The highest BCUT2D eigenvalue weighted by atomic mass is 15.1. The third kappa shape index (κ3) is 3.44. The summed E-state index contributed by atoms with van der Waals surface area (Å²) in [5, 5.41) is 6.50. The fourth-order valence-corrected chi connectivity index (χ4v) is 1.72. The van der Waals surface area contributed by atoms with Gasteiger partial charge in [0.05, 0.1) is 6.33 Å². The number of hydrogen-bond donors (Lipinski definition) is 2. The van der Waals surface area contributed by atoms with Gasteiger partial charge in [-0.3, -0.25) is 0 Å². The first-order valence-electron chi connectivity index (χ1n) is 6.06. The molecule has 0 bridgehead atoms. The lowest BCUT2D eigenvalue weighted by Crippen LogP contribution is -2.22. The lowest BCUT2D eigenvalue weighted by molar-refractivity contribution is 0.617. The van der Waals surface area contributed by atoms with Gasteiger partial charge in [-0.2, -0.15) is 0 Å². The van der Waals surface area contributed by atoms with Gasteiger partial charge in [0.15, 0.2) is 0 Å². The monoisotopic (exact) mass is 246 g/mol. The van der Waals surface area contributed by atoms with Gasteiger partial charge in [-0.05, 0) is 13.8 Å². The second-order valence-corrected chi connectivity index (χ2v) is 4.12. The van der Waals surface area contributed by atoms with E-state index in [-0.39, 0.29) is 6.04 Å². The van der Waals surface area contributed by atoms with Crippen LogP contribution in [0.2, 0.25) is 0 Å². The molecule has 1 unspecified atom stereocenters. The van der Waals surface area contributed by atoms with Crippen LogP contribution in [0.25, 0.3) is 0 Å². The Bertz CT molecular complexity index is 467. The third-order valence-electron chi connectivity index (χ3n) is 2.46. The summed E-state index contributed by atoms with van der Waals surface area (Å²) in [6.45, 7) is 5.84. The van der Waals surface area contributed by atoms with Gasteiger partial charge in [0.25, 0.3) is 0 Å². The van der Waals surface area contributed by atoms with E-state index in [1.54, 1.807) is 12.5 Å². The summed E-state index contributed by atoms with van der Waals surface area (Å²) >= 11 is 0. The van der Waals surface area contributed by atoms with Gasteiger partial charge in [-0.1, -0.05) is 0 Å². The molecular weight excluding hydrogens is 228 g/mol. The maximum Gasteiger partial charge on any atom is 0.131 e. The number of hydrogen-bond acceptors (Lipinski definition) is 5. The molecule has 0 amide bonds. The molecule has 2 aromatic heterocycles. The van der Waals surface area contributed by atoms with Crippen molar-refractivity contribution in [1.29, 1.82) is 0 Å². The smallest absolute Gasteiger partial charge is 0.131 e. The summed E-state index contributed by atoms with van der Waals surface area (Å²) in [5.41, 5.74) is 0. The molecule has 0 saturated carbocycles. The van der Waals surface area contributed by atoms with Crippen LogP contribution >= 0.6 is 0 Å². The molecule has 18 heavy (non-hydrogen) atoms. The molecule has 0 saturated heterocycles. The number of nitrogens with zero attached hydrogens (tertiary/aromatic N) is 4. The first-order valence-corrected chi connectivity index (χ1v) is 6.06. The van der Waals surface area contributed by atoms with Crippen LogP contribution < -0.4 is 10.6 Å². The highest BCUT2D eigenvalue weighted by Gasteiger charge is 2.04. The Balaban J connectivity index is 1.93. The molecule has 6 heteroatoms. The molecule has 2 rings (SSSR count). The minimum Gasteiger partial charge on any atom is -0.370 e. The Morgan fingerprint density at radius 3 is 2.89 bits per heavy atom. The average molecular weight is 246 g/mol. The molecule has 0 radical (unpaired) electrons. The maximum atomic E-state index is 4.20. The second kappa shape index (κ2) is 6.00. The number of nitrogens with one attached hydrogen (secondary N) is 2. The van der Waals surface area contributed by atoms with E-state index >= 15 is 0 Å². The Morgan fingerprint density at radius 2 is 2.17 bits per heavy atom. The van der Waals surface area contributed by atoms with Gasteiger partial charge >= 0.3 is 0 Å². The van der Waals surface area contributed by atoms with E-state index in [0.29, 0.717) is 0 Å². The summed E-state index contributed by atoms with van der Waals surface area (Å²) in [5.74, 6) is 1.67. The molecule has 0 spiro atoms. The third-order valence-corrected chi connectivity index (χ3v) is 2.46. The molecule has 0 aliphatic heterocycles. The molecule has 96 valence electrons. The van der Waals surface area contributed by atoms with Crippen LogP contribution in [0.15, 0.2) is 31.1 Å². The molecule has 1 atom stereocenters. The van der Waals surface area contributed by atoms with Crippen LogP contribution in [0.4, 0.5) is 11.6 Å². The molecule has 0 aliphatic rings. The van der Waals surface area contributed by atoms with E-state index in [4.69, 9.17) is 0 Å². The van der Waals surface area contributed by atoms with Gasteiger partial charge in [-0.15, -0.1) is 0 Å². The van der Waals surface area contributed by atoms with Crippen molar-refractivity contribution in [3.05, 3.63) is 31.1 Å². The summed E-state index contributed by atoms with van der Waals surface area (Å²) in [6.07, 6.45) is 7.09. The Labute approximate surface area is 106 Å². The van der Waals surface area contributed by atoms with Crippen molar-refractivity contribution in [2.45, 2.75) is 26.4 Å². The van der Waals surface area contributed by atoms with E-state index in [2.05, 4.69) is 32.5 Å². The largest absolute Gasteiger partial charge is 0.370 e. The topological polar surface area (TPSA) is 67.7 Å². The molecule has 6 nitrogen and oxygen atoms in total. The molecule has 2 aromatic rings. The van der Waals surface area contributed by atoms with Crippen LogP contribution in [0.1, 0.15) is 13.8 Å². The van der Waals surface area contributed by atoms with E-state index in [0.717, 1.165) is 24.7 Å². The van der Waals surface area contributed by atoms with Crippen molar-refractivity contribution in [1.82, 2.24) is 19.5 Å². The summed E-state index contributed by atoms with van der Waals surface area (Å²) in [6, 6.07) is 2.18. The fraction of sp³-hybridized carbons (Fsp3) is 0.417. The highest BCUT2D eigenvalue weighted by molar-refractivity contribution is 5.46. The van der Waals surface area contributed by atoms with Gasteiger partial charge in [0, 0.05) is 37.6 Å². The van der Waals surface area contributed by atoms with Gasteiger partial charge < -0.3 is 15.2 Å². The minimum absolute atomic E-state index is 0.267. The van der Waals surface area contributed by atoms with E-state index in [9.17, 15) is 0 Å². The second-order valence-electron chi connectivity index (χ2n) is 4.12. The molecular formula is C12H18N6. The summed E-state index contributed by atoms with van der Waals surface area (Å²) < 4.78 is 2.03. The van der Waals surface area contributed by atoms with Crippen molar-refractivity contribution in [3.8, 4) is 0 Å². The lowest BCUT2D eigenvalue weighted by atomic mass is 10.3. The molecule has 0 aliphatic carbocycles. The van der Waals surface area contributed by atoms with Gasteiger partial charge in [0.2, 0.25) is 0 Å². The average Bonchev–Trinajstić information content (AvgIpc) is 2.82. The summed E-state index contributed by atoms with van der Waals surface area (Å²) in [7, 11) is 0. The van der Waals surface area contributed by atoms with E-state index < -0.39 is 0 Å². The molecule has 0 aromatic carbocycles. The van der Waals surface area contributed by atoms with Crippen molar-refractivity contribution < 1.29 is 0 Å². The van der Waals surface area contributed by atoms with Gasteiger partial charge in [0.1, 0.15) is 18.0 Å². The minimum atomic E-state index is 0.267. The number of imidazole rings is 1. The number of rotatable bonds is 6. The highest BCUT2D eigenvalue weighted by Crippen LogP contribution is 2.10. The van der Waals surface area contributed by atoms with Crippen molar-refractivity contribution in [2.24, 2.45) is 0 Å². The number of aromatic nitrogens is 4. The maximum absolute atomic E-state index is 4.20. The predicted molar refractivity (Wildman–Crippen MR) is 71.5 cm³/mol. The van der Waals surface area contributed by atoms with E-state index in [1.807, 2.05) is 30.1 Å². The number of anilines is 2. The van der Waals surface area contributed by atoms with Crippen LogP contribution in [0.3, 0.4) is 0 Å². The molecule has 0 fully saturated rings. The zero-order valence-electron chi connectivity index (χ0n) is 10.7. The van der Waals surface area contributed by atoms with E-state index in [1.165, 1.54) is 0 Å². The van der Waals surface area contributed by atoms with Crippen molar-refractivity contribution in [3.63, 3.8) is 0 Å². The first-order chi connectivity index (χ1) is 8.78. The Hall–Kier alpha value is -2.11. The summed E-state index contributed by atoms with van der Waals surface area (Å²) in [4.78, 5) is 12.4. The standard InChI is InChI=1S/C12H18N6/c1-3-14-11-6-12(16-8-15-11)17-10(2)7-18-5-4-13-9-18/h4-6,8-10H,3,7H2,1-2H3,(H2,14,15,16,17). The van der Waals surface area contributed by atoms with Crippen molar-refractivity contribution >= 4 is 11.6 Å². The predicted octanol–water partition coefficient (Wildman–Crippen LogP) is 1.61. The van der Waals surface area contributed by atoms with Crippen molar-refractivity contribution in [2.75, 3.05) is 17.2 Å². The quantitative estimate of drug-likeness (QED) is 0.810. The zero-order chi connectivity index (χ0) is 12.8. The Morgan fingerprint density at radius 1 is 1.33 bits per heavy atom. The SMILES string of the molecule is CCNc1cc(NC(C)Cn2ccnc2)ncn1. The van der Waals surface area contributed by atoms with Gasteiger partial charge in [-0.25, -0.2) is 15.0 Å². The van der Waals surface area contributed by atoms with Crippen LogP contribution in [0.5, 0.6) is 0 Å². The fourth-order valence-electron chi connectivity index (χ4n) is 1.72. The normalized spacial score (nSPS) is 12.1. The van der Waals surface area contributed by atoms with Crippen LogP contribution in [-0.2, 0) is 6.54 Å². The molecule has 2 heterocycles. The van der Waals surface area contributed by atoms with Crippen LogP contribution in [-0.4, -0.2) is 32.1 Å².